The Labute approximate surface area is 124 Å². The predicted octanol–water partition coefficient (Wildman–Crippen LogP) is 1.58. The van der Waals surface area contributed by atoms with Crippen LogP contribution >= 0.6 is 0 Å². The van der Waals surface area contributed by atoms with Gasteiger partial charge in [-0.25, -0.2) is 0 Å². The average Bonchev–Trinajstić information content (AvgIpc) is 2.74. The highest BCUT2D eigenvalue weighted by Crippen LogP contribution is 2.30. The third-order valence-corrected chi connectivity index (χ3v) is 4.46. The van der Waals surface area contributed by atoms with Gasteiger partial charge in [0.25, 0.3) is 0 Å². The van der Waals surface area contributed by atoms with Gasteiger partial charge in [-0.05, 0) is 25.8 Å². The van der Waals surface area contributed by atoms with Crippen LogP contribution in [0.1, 0.15) is 39.5 Å². The smallest absolute Gasteiger partial charge is 0.0829 e. The Bertz CT molecular complexity index is 290. The van der Waals surface area contributed by atoms with Crippen LogP contribution in [0, 0.1) is 5.92 Å². The Hall–Kier alpha value is -0.160. The summed E-state index contributed by atoms with van der Waals surface area (Å²) >= 11 is 0. The third-order valence-electron chi connectivity index (χ3n) is 4.46. The lowest BCUT2D eigenvalue weighted by molar-refractivity contribution is -0.0548. The molecule has 2 fully saturated rings. The number of rotatable bonds is 6. The van der Waals surface area contributed by atoms with E-state index >= 15 is 0 Å². The maximum Gasteiger partial charge on any atom is 0.0829 e. The van der Waals surface area contributed by atoms with Gasteiger partial charge in [0.2, 0.25) is 0 Å². The molecule has 1 saturated heterocycles. The van der Waals surface area contributed by atoms with Gasteiger partial charge in [-0.1, -0.05) is 26.7 Å². The van der Waals surface area contributed by atoms with Gasteiger partial charge in [0.15, 0.2) is 0 Å². The van der Waals surface area contributed by atoms with Crippen molar-refractivity contribution in [1.29, 1.82) is 0 Å². The number of likely N-dealkylation sites (N-methyl/N-ethyl adjacent to an activating group) is 1. The summed E-state index contributed by atoms with van der Waals surface area (Å²) in [7, 11) is 2.11. The van der Waals surface area contributed by atoms with Crippen molar-refractivity contribution in [3.63, 3.8) is 0 Å². The number of ether oxygens (including phenoxy) is 1. The fourth-order valence-corrected chi connectivity index (χ4v) is 3.68. The van der Waals surface area contributed by atoms with E-state index in [1.807, 2.05) is 0 Å². The Morgan fingerprint density at radius 1 is 1.35 bits per heavy atom. The summed E-state index contributed by atoms with van der Waals surface area (Å²) in [5, 5.41) is 10.5. The second-order valence-corrected chi connectivity index (χ2v) is 7.27. The standard InChI is InChI=1S/C16H32N2O2/c1-14(2)10-18-8-9-20-15(12-18)11-17(3)13-16(19)6-4-5-7-16/h14-15,19H,4-13H2,1-3H3. The van der Waals surface area contributed by atoms with E-state index in [0.717, 1.165) is 52.2 Å². The Kier molecular flexibility index (Phi) is 5.84. The second kappa shape index (κ2) is 7.21. The van der Waals surface area contributed by atoms with Crippen LogP contribution in [-0.4, -0.2) is 73.0 Å². The number of hydrogen-bond donors (Lipinski definition) is 1. The van der Waals surface area contributed by atoms with Crippen molar-refractivity contribution < 1.29 is 9.84 Å². The zero-order chi connectivity index (χ0) is 14.6. The van der Waals surface area contributed by atoms with Crippen LogP contribution in [0.3, 0.4) is 0 Å². The minimum absolute atomic E-state index is 0.289. The zero-order valence-corrected chi connectivity index (χ0v) is 13.5. The predicted molar refractivity (Wildman–Crippen MR) is 81.9 cm³/mol. The largest absolute Gasteiger partial charge is 0.389 e. The number of nitrogens with zero attached hydrogens (tertiary/aromatic N) is 2. The summed E-state index contributed by atoms with van der Waals surface area (Å²) in [6.45, 7) is 10.3. The van der Waals surface area contributed by atoms with E-state index in [4.69, 9.17) is 4.74 Å². The van der Waals surface area contributed by atoms with Gasteiger partial charge in [-0.3, -0.25) is 4.90 Å². The van der Waals surface area contributed by atoms with E-state index in [2.05, 4.69) is 30.7 Å². The van der Waals surface area contributed by atoms with Gasteiger partial charge in [-0.2, -0.15) is 0 Å². The lowest BCUT2D eigenvalue weighted by atomic mass is 10.0. The van der Waals surface area contributed by atoms with Crippen molar-refractivity contribution in [2.45, 2.75) is 51.2 Å². The first kappa shape index (κ1) is 16.2. The molecule has 0 aromatic heterocycles. The van der Waals surface area contributed by atoms with Crippen LogP contribution in [0.15, 0.2) is 0 Å². The molecule has 1 aliphatic heterocycles. The molecular formula is C16H32N2O2. The summed E-state index contributed by atoms with van der Waals surface area (Å²) in [6.07, 6.45) is 4.56. The molecule has 2 rings (SSSR count). The molecule has 1 saturated carbocycles. The fourth-order valence-electron chi connectivity index (χ4n) is 3.68. The Balaban J connectivity index is 1.74. The average molecular weight is 284 g/mol. The highest BCUT2D eigenvalue weighted by atomic mass is 16.5. The summed E-state index contributed by atoms with van der Waals surface area (Å²) < 4.78 is 5.89. The van der Waals surface area contributed by atoms with Crippen LogP contribution in [-0.2, 0) is 4.74 Å². The first-order chi connectivity index (χ1) is 9.47. The van der Waals surface area contributed by atoms with Crippen molar-refractivity contribution in [3.8, 4) is 0 Å². The van der Waals surface area contributed by atoms with E-state index in [0.29, 0.717) is 5.92 Å². The van der Waals surface area contributed by atoms with Crippen molar-refractivity contribution in [2.24, 2.45) is 5.92 Å². The van der Waals surface area contributed by atoms with Gasteiger partial charge in [0, 0.05) is 32.7 Å². The highest BCUT2D eigenvalue weighted by molar-refractivity contribution is 4.87. The molecule has 0 spiro atoms. The van der Waals surface area contributed by atoms with Gasteiger partial charge in [-0.15, -0.1) is 0 Å². The molecule has 0 bridgehead atoms. The lowest BCUT2D eigenvalue weighted by Crippen LogP contribution is -2.50. The molecule has 4 nitrogen and oxygen atoms in total. The molecule has 20 heavy (non-hydrogen) atoms. The molecule has 0 amide bonds. The van der Waals surface area contributed by atoms with E-state index in [9.17, 15) is 5.11 Å². The number of morpholine rings is 1. The summed E-state index contributed by atoms with van der Waals surface area (Å²) in [5.41, 5.74) is -0.443. The van der Waals surface area contributed by atoms with Crippen molar-refractivity contribution in [3.05, 3.63) is 0 Å². The van der Waals surface area contributed by atoms with Crippen molar-refractivity contribution in [1.82, 2.24) is 9.80 Å². The summed E-state index contributed by atoms with van der Waals surface area (Å²) in [5.74, 6) is 0.714. The zero-order valence-electron chi connectivity index (χ0n) is 13.5. The molecule has 1 heterocycles. The van der Waals surface area contributed by atoms with Gasteiger partial charge in [0.05, 0.1) is 18.3 Å². The molecule has 0 aromatic carbocycles. The van der Waals surface area contributed by atoms with Crippen molar-refractivity contribution in [2.75, 3.05) is 46.4 Å². The van der Waals surface area contributed by atoms with E-state index in [1.165, 1.54) is 12.8 Å². The summed E-state index contributed by atoms with van der Waals surface area (Å²) in [6, 6.07) is 0. The monoisotopic (exact) mass is 284 g/mol. The molecule has 0 aromatic rings. The first-order valence-electron chi connectivity index (χ1n) is 8.22. The molecule has 4 heteroatoms. The quantitative estimate of drug-likeness (QED) is 0.803. The van der Waals surface area contributed by atoms with E-state index in [-0.39, 0.29) is 6.10 Å². The normalized spacial score (nSPS) is 27.6. The minimum Gasteiger partial charge on any atom is -0.389 e. The molecule has 1 unspecified atom stereocenters. The van der Waals surface area contributed by atoms with Gasteiger partial charge >= 0.3 is 0 Å². The van der Waals surface area contributed by atoms with Crippen LogP contribution in [0.5, 0.6) is 0 Å². The van der Waals surface area contributed by atoms with E-state index < -0.39 is 5.60 Å². The van der Waals surface area contributed by atoms with E-state index in [1.54, 1.807) is 0 Å². The van der Waals surface area contributed by atoms with Crippen LogP contribution in [0.4, 0.5) is 0 Å². The molecular weight excluding hydrogens is 252 g/mol. The van der Waals surface area contributed by atoms with Gasteiger partial charge < -0.3 is 14.7 Å². The number of aliphatic hydroxyl groups is 1. The molecule has 1 atom stereocenters. The Morgan fingerprint density at radius 2 is 2.05 bits per heavy atom. The minimum atomic E-state index is -0.443. The van der Waals surface area contributed by atoms with Gasteiger partial charge in [0.1, 0.15) is 0 Å². The first-order valence-corrected chi connectivity index (χ1v) is 8.22. The second-order valence-electron chi connectivity index (χ2n) is 7.27. The molecule has 118 valence electrons. The Morgan fingerprint density at radius 3 is 2.70 bits per heavy atom. The maximum absolute atomic E-state index is 10.5. The molecule has 0 radical (unpaired) electrons. The molecule has 1 aliphatic carbocycles. The third kappa shape index (κ3) is 4.99. The lowest BCUT2D eigenvalue weighted by Gasteiger charge is -2.37. The van der Waals surface area contributed by atoms with Crippen LogP contribution in [0.25, 0.3) is 0 Å². The van der Waals surface area contributed by atoms with Crippen LogP contribution in [0.2, 0.25) is 0 Å². The van der Waals surface area contributed by atoms with Crippen molar-refractivity contribution >= 4 is 0 Å². The SMILES string of the molecule is CC(C)CN1CCOC(CN(C)CC2(O)CCCC2)C1. The maximum atomic E-state index is 10.5. The summed E-state index contributed by atoms with van der Waals surface area (Å²) in [4.78, 5) is 4.77. The molecule has 2 aliphatic rings. The fraction of sp³-hybridized carbons (Fsp3) is 1.00. The molecule has 1 N–H and O–H groups in total. The number of hydrogen-bond acceptors (Lipinski definition) is 4. The van der Waals surface area contributed by atoms with Crippen LogP contribution < -0.4 is 0 Å². The topological polar surface area (TPSA) is 35.9 Å². The highest BCUT2D eigenvalue weighted by Gasteiger charge is 2.33.